The zero-order chi connectivity index (χ0) is 13.9. The van der Waals surface area contributed by atoms with Crippen molar-refractivity contribution >= 4 is 11.6 Å². The predicted molar refractivity (Wildman–Crippen MR) is 78.1 cm³/mol. The number of hydrogen-bond donors (Lipinski definition) is 1. The molecule has 0 spiro atoms. The van der Waals surface area contributed by atoms with Crippen LogP contribution in [0, 0.1) is 11.8 Å². The summed E-state index contributed by atoms with van der Waals surface area (Å²) in [6.45, 7) is 8.90. The molecule has 0 aliphatic rings. The molecule has 0 aromatic carbocycles. The Balaban J connectivity index is 2.91. The Hall–Kier alpha value is -0.540. The summed E-state index contributed by atoms with van der Waals surface area (Å²) in [5.74, 6) is 1.26. The summed E-state index contributed by atoms with van der Waals surface area (Å²) in [5.41, 5.74) is 2.14. The maximum absolute atomic E-state index is 6.40. The van der Waals surface area contributed by atoms with E-state index in [0.29, 0.717) is 17.9 Å². The fourth-order valence-electron chi connectivity index (χ4n) is 2.27. The molecule has 1 aromatic heterocycles. The van der Waals surface area contributed by atoms with Gasteiger partial charge in [0.2, 0.25) is 0 Å². The molecule has 0 saturated carbocycles. The van der Waals surface area contributed by atoms with Crippen molar-refractivity contribution in [2.45, 2.75) is 46.6 Å². The highest BCUT2D eigenvalue weighted by Crippen LogP contribution is 2.25. The minimum atomic E-state index is 0.433. The van der Waals surface area contributed by atoms with Crippen LogP contribution in [0.1, 0.15) is 39.1 Å². The van der Waals surface area contributed by atoms with Crippen molar-refractivity contribution in [1.82, 2.24) is 15.1 Å². The Kier molecular flexibility index (Phi) is 5.67. The average Bonchev–Trinajstić information content (AvgIpc) is 2.61. The van der Waals surface area contributed by atoms with Gasteiger partial charge in [-0.3, -0.25) is 4.68 Å². The molecule has 0 aliphatic heterocycles. The molecular weight excluding hydrogens is 246 g/mol. The van der Waals surface area contributed by atoms with Gasteiger partial charge in [0.05, 0.1) is 16.4 Å². The Morgan fingerprint density at radius 1 is 1.33 bits per heavy atom. The number of likely N-dealkylation sites (N-methyl/N-ethyl adjacent to an activating group) is 1. The number of hydrogen-bond acceptors (Lipinski definition) is 2. The van der Waals surface area contributed by atoms with Gasteiger partial charge < -0.3 is 5.32 Å². The van der Waals surface area contributed by atoms with E-state index in [1.807, 2.05) is 18.8 Å². The van der Waals surface area contributed by atoms with E-state index in [0.717, 1.165) is 29.3 Å². The van der Waals surface area contributed by atoms with Crippen LogP contribution in [0.2, 0.25) is 5.02 Å². The normalized spacial score (nSPS) is 15.1. The van der Waals surface area contributed by atoms with Crippen LogP contribution in [-0.4, -0.2) is 22.9 Å². The van der Waals surface area contributed by atoms with Crippen molar-refractivity contribution in [3.63, 3.8) is 0 Å². The third kappa shape index (κ3) is 3.27. The minimum absolute atomic E-state index is 0.433. The lowest BCUT2D eigenvalue weighted by Gasteiger charge is -2.26. The molecule has 0 bridgehead atoms. The number of rotatable bonds is 6. The number of aromatic nitrogens is 2. The van der Waals surface area contributed by atoms with Gasteiger partial charge in [0.25, 0.3) is 0 Å². The van der Waals surface area contributed by atoms with E-state index in [1.54, 1.807) is 0 Å². The van der Waals surface area contributed by atoms with E-state index in [2.05, 4.69) is 38.1 Å². The van der Waals surface area contributed by atoms with Crippen molar-refractivity contribution in [1.29, 1.82) is 0 Å². The van der Waals surface area contributed by atoms with Gasteiger partial charge in [0.15, 0.2) is 0 Å². The molecule has 2 atom stereocenters. The predicted octanol–water partition coefficient (Wildman–Crippen LogP) is 3.06. The average molecular weight is 272 g/mol. The number of aryl methyl sites for hydroxylation is 2. The first-order valence-corrected chi connectivity index (χ1v) is 7.17. The van der Waals surface area contributed by atoms with Crippen molar-refractivity contribution in [2.24, 2.45) is 18.9 Å². The monoisotopic (exact) mass is 271 g/mol. The van der Waals surface area contributed by atoms with Gasteiger partial charge in [-0.2, -0.15) is 5.10 Å². The number of nitrogens with zero attached hydrogens (tertiary/aromatic N) is 2. The summed E-state index contributed by atoms with van der Waals surface area (Å²) in [5, 5.41) is 8.73. The summed E-state index contributed by atoms with van der Waals surface area (Å²) in [4.78, 5) is 0. The number of halogens is 1. The first kappa shape index (κ1) is 15.5. The molecule has 1 N–H and O–H groups in total. The molecule has 1 heterocycles. The number of nitrogens with one attached hydrogen (secondary N) is 1. The Bertz CT molecular complexity index is 385. The maximum atomic E-state index is 6.40. The van der Waals surface area contributed by atoms with Crippen LogP contribution in [0.3, 0.4) is 0 Å². The highest BCUT2D eigenvalue weighted by molar-refractivity contribution is 6.31. The molecule has 0 amide bonds. The molecule has 3 nitrogen and oxygen atoms in total. The standard InChI is InChI=1S/C14H26ClN3/c1-7-11-14(15)13(18(6)17-11)8-12(16-5)10(4)9(2)3/h9-10,12,16H,7-8H2,1-6H3. The Morgan fingerprint density at radius 3 is 2.33 bits per heavy atom. The van der Waals surface area contributed by atoms with Gasteiger partial charge in [-0.05, 0) is 25.3 Å². The lowest BCUT2D eigenvalue weighted by molar-refractivity contribution is 0.306. The SMILES string of the molecule is CCc1nn(C)c(CC(NC)C(C)C(C)C)c1Cl. The fourth-order valence-corrected chi connectivity index (χ4v) is 2.64. The minimum Gasteiger partial charge on any atom is -0.316 e. The van der Waals surface area contributed by atoms with Gasteiger partial charge in [-0.1, -0.05) is 39.3 Å². The topological polar surface area (TPSA) is 29.9 Å². The van der Waals surface area contributed by atoms with Crippen LogP contribution in [0.15, 0.2) is 0 Å². The molecule has 0 fully saturated rings. The molecule has 104 valence electrons. The largest absolute Gasteiger partial charge is 0.316 e. The van der Waals surface area contributed by atoms with Gasteiger partial charge in [-0.15, -0.1) is 0 Å². The lowest BCUT2D eigenvalue weighted by Crippen LogP contribution is -2.37. The molecule has 0 radical (unpaired) electrons. The molecule has 1 aromatic rings. The van der Waals surface area contributed by atoms with E-state index < -0.39 is 0 Å². The van der Waals surface area contributed by atoms with Crippen molar-refractivity contribution in [3.8, 4) is 0 Å². The highest BCUT2D eigenvalue weighted by atomic mass is 35.5. The molecule has 1 rings (SSSR count). The quantitative estimate of drug-likeness (QED) is 0.862. The van der Waals surface area contributed by atoms with E-state index in [1.165, 1.54) is 0 Å². The summed E-state index contributed by atoms with van der Waals surface area (Å²) in [6.07, 6.45) is 1.81. The maximum Gasteiger partial charge on any atom is 0.0850 e. The third-order valence-corrected chi connectivity index (χ3v) is 4.41. The fraction of sp³-hybridized carbons (Fsp3) is 0.786. The molecule has 2 unspecified atom stereocenters. The molecule has 0 saturated heterocycles. The molecule has 18 heavy (non-hydrogen) atoms. The van der Waals surface area contributed by atoms with Crippen molar-refractivity contribution in [3.05, 3.63) is 16.4 Å². The summed E-state index contributed by atoms with van der Waals surface area (Å²) in [6, 6.07) is 0.433. The van der Waals surface area contributed by atoms with Gasteiger partial charge >= 0.3 is 0 Å². The highest BCUT2D eigenvalue weighted by Gasteiger charge is 2.23. The zero-order valence-corrected chi connectivity index (χ0v) is 13.2. The zero-order valence-electron chi connectivity index (χ0n) is 12.4. The first-order valence-electron chi connectivity index (χ1n) is 6.79. The van der Waals surface area contributed by atoms with Gasteiger partial charge in [-0.25, -0.2) is 0 Å². The second-order valence-corrected chi connectivity index (χ2v) is 5.76. The van der Waals surface area contributed by atoms with Crippen LogP contribution in [0.25, 0.3) is 0 Å². The second kappa shape index (κ2) is 6.58. The van der Waals surface area contributed by atoms with Crippen LogP contribution in [-0.2, 0) is 19.9 Å². The lowest BCUT2D eigenvalue weighted by atomic mass is 9.88. The smallest absolute Gasteiger partial charge is 0.0850 e. The van der Waals surface area contributed by atoms with Crippen LogP contribution < -0.4 is 5.32 Å². The van der Waals surface area contributed by atoms with Crippen molar-refractivity contribution < 1.29 is 0 Å². The molecule has 0 aliphatic carbocycles. The van der Waals surface area contributed by atoms with E-state index in [-0.39, 0.29) is 0 Å². The van der Waals surface area contributed by atoms with E-state index in [9.17, 15) is 0 Å². The third-order valence-electron chi connectivity index (χ3n) is 3.97. The summed E-state index contributed by atoms with van der Waals surface area (Å²) < 4.78 is 1.93. The second-order valence-electron chi connectivity index (χ2n) is 5.39. The Morgan fingerprint density at radius 2 is 1.94 bits per heavy atom. The van der Waals surface area contributed by atoms with E-state index in [4.69, 9.17) is 11.6 Å². The van der Waals surface area contributed by atoms with Crippen LogP contribution >= 0.6 is 11.6 Å². The van der Waals surface area contributed by atoms with Gasteiger partial charge in [0, 0.05) is 19.5 Å². The Labute approximate surface area is 116 Å². The molecular formula is C14H26ClN3. The first-order chi connectivity index (χ1) is 8.42. The van der Waals surface area contributed by atoms with Crippen LogP contribution in [0.4, 0.5) is 0 Å². The molecule has 4 heteroatoms. The van der Waals surface area contributed by atoms with E-state index >= 15 is 0 Å². The van der Waals surface area contributed by atoms with Crippen LogP contribution in [0.5, 0.6) is 0 Å². The summed E-state index contributed by atoms with van der Waals surface area (Å²) in [7, 11) is 4.00. The van der Waals surface area contributed by atoms with Gasteiger partial charge in [0.1, 0.15) is 0 Å². The summed E-state index contributed by atoms with van der Waals surface area (Å²) >= 11 is 6.40. The van der Waals surface area contributed by atoms with Crippen molar-refractivity contribution in [2.75, 3.05) is 7.05 Å².